The van der Waals surface area contributed by atoms with E-state index in [0.717, 1.165) is 4.90 Å². The Balaban J connectivity index is 2.31. The van der Waals surface area contributed by atoms with Gasteiger partial charge < -0.3 is 5.11 Å². The molecule has 1 heterocycles. The fourth-order valence-corrected chi connectivity index (χ4v) is 1.29. The van der Waals surface area contributed by atoms with E-state index in [0.29, 0.717) is 0 Å². The molecule has 1 aliphatic rings. The summed E-state index contributed by atoms with van der Waals surface area (Å²) in [6.07, 6.45) is -4.29. The Kier molecular flexibility index (Phi) is 2.79. The van der Waals surface area contributed by atoms with Gasteiger partial charge in [0.15, 0.2) is 0 Å². The summed E-state index contributed by atoms with van der Waals surface area (Å²) < 4.78 is 35.3. The highest BCUT2D eigenvalue weighted by Gasteiger charge is 2.41. The molecule has 4 nitrogen and oxygen atoms in total. The maximum Gasteiger partial charge on any atom is 0.401 e. The van der Waals surface area contributed by atoms with Crippen LogP contribution in [0.3, 0.4) is 0 Å². The largest absolute Gasteiger partial charge is 0.475 e. The van der Waals surface area contributed by atoms with Gasteiger partial charge in [-0.2, -0.15) is 13.2 Å². The molecule has 0 spiro atoms. The van der Waals surface area contributed by atoms with Crippen LogP contribution < -0.4 is 0 Å². The van der Waals surface area contributed by atoms with Gasteiger partial charge in [-0.3, -0.25) is 9.69 Å². The van der Waals surface area contributed by atoms with E-state index in [9.17, 15) is 22.8 Å². The van der Waals surface area contributed by atoms with Crippen molar-refractivity contribution in [3.8, 4) is 0 Å². The molecule has 0 unspecified atom stereocenters. The molecule has 0 aromatic rings. The second kappa shape index (κ2) is 3.56. The molecule has 1 saturated heterocycles. The van der Waals surface area contributed by atoms with Crippen LogP contribution in [0.1, 0.15) is 0 Å². The SMILES string of the molecule is O=C(O)C(=O)C1CN(CC(F)(F)F)C1. The fraction of sp³-hybridized carbons (Fsp3) is 0.714. The molecule has 14 heavy (non-hydrogen) atoms. The van der Waals surface area contributed by atoms with Crippen molar-refractivity contribution in [2.75, 3.05) is 19.6 Å². The number of hydrogen-bond acceptors (Lipinski definition) is 3. The van der Waals surface area contributed by atoms with Gasteiger partial charge in [0.25, 0.3) is 0 Å². The summed E-state index contributed by atoms with van der Waals surface area (Å²) in [7, 11) is 0. The molecule has 1 fully saturated rings. The molecule has 0 aliphatic carbocycles. The topological polar surface area (TPSA) is 57.6 Å². The minimum atomic E-state index is -4.29. The molecule has 0 atom stereocenters. The van der Waals surface area contributed by atoms with E-state index < -0.39 is 30.4 Å². The van der Waals surface area contributed by atoms with E-state index >= 15 is 0 Å². The molecular weight excluding hydrogens is 203 g/mol. The highest BCUT2D eigenvalue weighted by Crippen LogP contribution is 2.23. The van der Waals surface area contributed by atoms with Crippen LogP contribution in [0.5, 0.6) is 0 Å². The third-order valence-electron chi connectivity index (χ3n) is 1.94. The number of rotatable bonds is 3. The molecule has 0 aromatic carbocycles. The molecule has 7 heteroatoms. The van der Waals surface area contributed by atoms with Crippen LogP contribution in [-0.2, 0) is 9.59 Å². The van der Waals surface area contributed by atoms with Crippen molar-refractivity contribution < 1.29 is 27.9 Å². The number of hydrogen-bond donors (Lipinski definition) is 1. The Morgan fingerprint density at radius 2 is 1.86 bits per heavy atom. The monoisotopic (exact) mass is 211 g/mol. The quantitative estimate of drug-likeness (QED) is 0.674. The van der Waals surface area contributed by atoms with Crippen LogP contribution in [0.2, 0.25) is 0 Å². The number of halogens is 3. The first kappa shape index (κ1) is 11.0. The zero-order chi connectivity index (χ0) is 10.9. The van der Waals surface area contributed by atoms with Gasteiger partial charge in [-0.1, -0.05) is 0 Å². The zero-order valence-corrected chi connectivity index (χ0v) is 7.04. The number of ketones is 1. The first-order valence-corrected chi connectivity index (χ1v) is 3.86. The number of nitrogens with zero attached hydrogens (tertiary/aromatic N) is 1. The molecule has 0 radical (unpaired) electrons. The molecule has 1 rings (SSSR count). The molecule has 80 valence electrons. The summed E-state index contributed by atoms with van der Waals surface area (Å²) in [5, 5.41) is 8.25. The molecular formula is C7H8F3NO3. The molecule has 1 aliphatic heterocycles. The van der Waals surface area contributed by atoms with Gasteiger partial charge in [-0.15, -0.1) is 0 Å². The van der Waals surface area contributed by atoms with Crippen LogP contribution in [0.4, 0.5) is 13.2 Å². The lowest BCUT2D eigenvalue weighted by Crippen LogP contribution is -2.54. The average Bonchev–Trinajstić information content (AvgIpc) is 1.92. The van der Waals surface area contributed by atoms with Crippen molar-refractivity contribution in [2.45, 2.75) is 6.18 Å². The Bertz CT molecular complexity index is 257. The second-order valence-corrected chi connectivity index (χ2v) is 3.18. The lowest BCUT2D eigenvalue weighted by Gasteiger charge is -2.37. The number of aliphatic carboxylic acids is 1. The van der Waals surface area contributed by atoms with Crippen molar-refractivity contribution >= 4 is 11.8 Å². The molecule has 0 saturated carbocycles. The van der Waals surface area contributed by atoms with Crippen molar-refractivity contribution in [1.82, 2.24) is 4.90 Å². The molecule has 0 amide bonds. The van der Waals surface area contributed by atoms with Gasteiger partial charge in [-0.25, -0.2) is 4.79 Å². The lowest BCUT2D eigenvalue weighted by molar-refractivity contribution is -0.166. The lowest BCUT2D eigenvalue weighted by atomic mass is 9.95. The van der Waals surface area contributed by atoms with Crippen LogP contribution >= 0.6 is 0 Å². The van der Waals surface area contributed by atoms with E-state index in [-0.39, 0.29) is 13.1 Å². The Morgan fingerprint density at radius 1 is 1.36 bits per heavy atom. The van der Waals surface area contributed by atoms with Crippen molar-refractivity contribution in [3.05, 3.63) is 0 Å². The van der Waals surface area contributed by atoms with Gasteiger partial charge in [0.1, 0.15) is 0 Å². The van der Waals surface area contributed by atoms with Crippen LogP contribution in [0, 0.1) is 5.92 Å². The number of carbonyl (C=O) groups excluding carboxylic acids is 1. The predicted octanol–water partition coefficient (Wildman–Crippen LogP) is 0.134. The van der Waals surface area contributed by atoms with Gasteiger partial charge >= 0.3 is 12.1 Å². The number of Topliss-reactive ketones (excluding diaryl/α,β-unsaturated/α-hetero) is 1. The van der Waals surface area contributed by atoms with Crippen molar-refractivity contribution in [3.63, 3.8) is 0 Å². The summed E-state index contributed by atoms with van der Waals surface area (Å²) in [5.74, 6) is -3.38. The Labute approximate surface area is 77.3 Å². The highest BCUT2D eigenvalue weighted by molar-refractivity contribution is 6.33. The first-order valence-electron chi connectivity index (χ1n) is 3.86. The van der Waals surface area contributed by atoms with Gasteiger partial charge in [0, 0.05) is 13.1 Å². The van der Waals surface area contributed by atoms with Crippen molar-refractivity contribution in [1.29, 1.82) is 0 Å². The van der Waals surface area contributed by atoms with Gasteiger partial charge in [0.05, 0.1) is 12.5 Å². The highest BCUT2D eigenvalue weighted by atomic mass is 19.4. The summed E-state index contributed by atoms with van der Waals surface area (Å²) in [5.41, 5.74) is 0. The molecule has 0 aromatic heterocycles. The molecule has 1 N–H and O–H groups in total. The second-order valence-electron chi connectivity index (χ2n) is 3.18. The summed E-state index contributed by atoms with van der Waals surface area (Å²) in [6, 6.07) is 0. The van der Waals surface area contributed by atoms with Crippen molar-refractivity contribution in [2.24, 2.45) is 5.92 Å². The van der Waals surface area contributed by atoms with E-state index in [1.54, 1.807) is 0 Å². The van der Waals surface area contributed by atoms with E-state index in [4.69, 9.17) is 5.11 Å². The normalized spacial score (nSPS) is 19.1. The van der Waals surface area contributed by atoms with E-state index in [2.05, 4.69) is 0 Å². The van der Waals surface area contributed by atoms with Gasteiger partial charge in [0.2, 0.25) is 5.78 Å². The number of carboxylic acid groups (broad SMARTS) is 1. The molecule has 0 bridgehead atoms. The average molecular weight is 211 g/mol. The smallest absolute Gasteiger partial charge is 0.401 e. The maximum absolute atomic E-state index is 11.8. The van der Waals surface area contributed by atoms with E-state index in [1.165, 1.54) is 0 Å². The van der Waals surface area contributed by atoms with Crippen LogP contribution in [0.15, 0.2) is 0 Å². The summed E-state index contributed by atoms with van der Waals surface area (Å²) in [6.45, 7) is -1.33. The number of carbonyl (C=O) groups is 2. The van der Waals surface area contributed by atoms with Gasteiger partial charge in [-0.05, 0) is 0 Å². The van der Waals surface area contributed by atoms with E-state index in [1.807, 2.05) is 0 Å². The fourth-order valence-electron chi connectivity index (χ4n) is 1.29. The summed E-state index contributed by atoms with van der Waals surface area (Å²) >= 11 is 0. The zero-order valence-electron chi connectivity index (χ0n) is 7.04. The van der Waals surface area contributed by atoms with Crippen LogP contribution in [0.25, 0.3) is 0 Å². The third kappa shape index (κ3) is 2.69. The number of likely N-dealkylation sites (tertiary alicyclic amines) is 1. The maximum atomic E-state index is 11.8. The summed E-state index contributed by atoms with van der Waals surface area (Å²) in [4.78, 5) is 21.9. The number of carboxylic acids is 1. The standard InChI is InChI=1S/C7H8F3NO3/c8-7(9,10)3-11-1-4(2-11)5(12)6(13)14/h4H,1-3H2,(H,13,14). The first-order chi connectivity index (χ1) is 6.29. The minimum Gasteiger partial charge on any atom is -0.475 e. The van der Waals surface area contributed by atoms with Crippen LogP contribution in [-0.4, -0.2) is 47.6 Å². The Morgan fingerprint density at radius 3 is 2.21 bits per heavy atom. The third-order valence-corrected chi connectivity index (χ3v) is 1.94. The Hall–Kier alpha value is -1.11. The predicted molar refractivity (Wildman–Crippen MR) is 38.6 cm³/mol. The minimum absolute atomic E-state index is 0.120. The number of alkyl halides is 3.